The van der Waals surface area contributed by atoms with E-state index >= 15 is 0 Å². The van der Waals surface area contributed by atoms with Crippen molar-refractivity contribution >= 4 is 33.4 Å². The first-order valence-corrected chi connectivity index (χ1v) is 7.75. The van der Waals surface area contributed by atoms with Crippen LogP contribution in [-0.2, 0) is 16.5 Å². The smallest absolute Gasteiger partial charge is 0.340 e. The first-order chi connectivity index (χ1) is 10.7. The van der Waals surface area contributed by atoms with Crippen LogP contribution in [0, 0.1) is 0 Å². The number of halogens is 5. The highest BCUT2D eigenvalue weighted by atomic mass is 79.9. The van der Waals surface area contributed by atoms with Crippen LogP contribution in [0.4, 0.5) is 13.2 Å². The molecule has 2 rings (SSSR count). The van der Waals surface area contributed by atoms with E-state index in [4.69, 9.17) is 11.6 Å². The van der Waals surface area contributed by atoms with Crippen molar-refractivity contribution in [1.82, 2.24) is 15.5 Å². The van der Waals surface area contributed by atoms with Crippen LogP contribution in [0.5, 0.6) is 0 Å². The predicted octanol–water partition coefficient (Wildman–Crippen LogP) is 3.81. The summed E-state index contributed by atoms with van der Waals surface area (Å²) in [5.41, 5.74) is -1.63. The Bertz CT molecular complexity index is 719. The number of carbonyl (C=O) groups is 1. The third kappa shape index (κ3) is 3.87. The molecule has 1 atom stereocenters. The van der Waals surface area contributed by atoms with Crippen molar-refractivity contribution in [2.75, 3.05) is 5.88 Å². The number of aromatic amines is 1. The Morgan fingerprint density at radius 1 is 1.39 bits per heavy atom. The first-order valence-electron chi connectivity index (χ1n) is 6.43. The molecule has 1 amide bonds. The average Bonchev–Trinajstić information content (AvgIpc) is 2.97. The molecule has 0 saturated heterocycles. The SMILES string of the molecule is CC(NC(=O)CCl)(c1cccc(Br)c1)c1cc(C(F)(F)F)n[nH]1. The Morgan fingerprint density at radius 3 is 2.61 bits per heavy atom. The minimum Gasteiger partial charge on any atom is -0.340 e. The minimum absolute atomic E-state index is 0.0985. The molecule has 0 saturated carbocycles. The molecule has 0 radical (unpaired) electrons. The molecule has 23 heavy (non-hydrogen) atoms. The fourth-order valence-corrected chi connectivity index (χ4v) is 2.60. The second-order valence-corrected chi connectivity index (χ2v) is 6.16. The number of carbonyl (C=O) groups excluding carboxylic acids is 1. The van der Waals surface area contributed by atoms with Crippen molar-refractivity contribution < 1.29 is 18.0 Å². The van der Waals surface area contributed by atoms with E-state index in [-0.39, 0.29) is 11.6 Å². The van der Waals surface area contributed by atoms with Gasteiger partial charge in [0, 0.05) is 4.47 Å². The highest BCUT2D eigenvalue weighted by Gasteiger charge is 2.38. The van der Waals surface area contributed by atoms with E-state index in [2.05, 4.69) is 31.4 Å². The van der Waals surface area contributed by atoms with Gasteiger partial charge in [-0.3, -0.25) is 9.89 Å². The van der Waals surface area contributed by atoms with Gasteiger partial charge in [-0.1, -0.05) is 28.1 Å². The van der Waals surface area contributed by atoms with E-state index in [1.54, 1.807) is 31.2 Å². The quantitative estimate of drug-likeness (QED) is 0.753. The molecule has 4 nitrogen and oxygen atoms in total. The molecule has 2 aromatic rings. The number of aromatic nitrogens is 2. The topological polar surface area (TPSA) is 57.8 Å². The van der Waals surface area contributed by atoms with Gasteiger partial charge in [0.1, 0.15) is 11.4 Å². The number of nitrogens with zero attached hydrogens (tertiary/aromatic N) is 1. The Hall–Kier alpha value is -1.54. The number of H-pyrrole nitrogens is 1. The summed E-state index contributed by atoms with van der Waals surface area (Å²) in [5, 5.41) is 8.28. The van der Waals surface area contributed by atoms with E-state index in [9.17, 15) is 18.0 Å². The fraction of sp³-hybridized carbons (Fsp3) is 0.286. The summed E-state index contributed by atoms with van der Waals surface area (Å²) in [5.74, 6) is -0.832. The van der Waals surface area contributed by atoms with Crippen molar-refractivity contribution in [3.63, 3.8) is 0 Å². The lowest BCUT2D eigenvalue weighted by Crippen LogP contribution is -2.45. The van der Waals surface area contributed by atoms with Crippen molar-refractivity contribution in [2.24, 2.45) is 0 Å². The summed E-state index contributed by atoms with van der Waals surface area (Å²) >= 11 is 8.82. The van der Waals surface area contributed by atoms with E-state index < -0.39 is 23.3 Å². The summed E-state index contributed by atoms with van der Waals surface area (Å²) in [6, 6.07) is 7.73. The maximum absolute atomic E-state index is 12.8. The number of nitrogens with one attached hydrogen (secondary N) is 2. The molecule has 1 unspecified atom stereocenters. The van der Waals surface area contributed by atoms with Crippen LogP contribution in [0.3, 0.4) is 0 Å². The fourth-order valence-electron chi connectivity index (χ4n) is 2.13. The number of amides is 1. The molecule has 0 spiro atoms. The normalized spacial score (nSPS) is 14.3. The Kier molecular flexibility index (Phi) is 5.05. The van der Waals surface area contributed by atoms with Crippen LogP contribution in [-0.4, -0.2) is 22.0 Å². The molecule has 1 aromatic heterocycles. The van der Waals surface area contributed by atoms with Crippen molar-refractivity contribution in [3.05, 3.63) is 51.8 Å². The summed E-state index contributed by atoms with van der Waals surface area (Å²) in [4.78, 5) is 11.8. The second kappa shape index (κ2) is 6.52. The summed E-state index contributed by atoms with van der Waals surface area (Å²) in [7, 11) is 0. The van der Waals surface area contributed by atoms with Gasteiger partial charge in [0.25, 0.3) is 0 Å². The van der Waals surface area contributed by atoms with Gasteiger partial charge in [-0.05, 0) is 30.7 Å². The minimum atomic E-state index is -4.58. The molecule has 1 heterocycles. The lowest BCUT2D eigenvalue weighted by atomic mass is 9.88. The van der Waals surface area contributed by atoms with Gasteiger partial charge in [0.05, 0.1) is 5.69 Å². The maximum Gasteiger partial charge on any atom is 0.435 e. The average molecular weight is 411 g/mol. The van der Waals surface area contributed by atoms with Gasteiger partial charge in [-0.25, -0.2) is 0 Å². The van der Waals surface area contributed by atoms with Crippen LogP contribution in [0.25, 0.3) is 0 Å². The van der Waals surface area contributed by atoms with Gasteiger partial charge < -0.3 is 5.32 Å². The first kappa shape index (κ1) is 17.8. The van der Waals surface area contributed by atoms with Gasteiger partial charge >= 0.3 is 6.18 Å². The summed E-state index contributed by atoms with van der Waals surface area (Å²) in [6.45, 7) is 1.58. The summed E-state index contributed by atoms with van der Waals surface area (Å²) < 4.78 is 39.1. The molecule has 1 aromatic carbocycles. The van der Waals surface area contributed by atoms with Crippen molar-refractivity contribution in [2.45, 2.75) is 18.6 Å². The van der Waals surface area contributed by atoms with Crippen molar-refractivity contribution in [3.8, 4) is 0 Å². The molecule has 124 valence electrons. The lowest BCUT2D eigenvalue weighted by molar-refractivity contribution is -0.141. The molecule has 9 heteroatoms. The molecule has 0 fully saturated rings. The maximum atomic E-state index is 12.8. The Morgan fingerprint density at radius 2 is 2.09 bits per heavy atom. The molecular formula is C14H12BrClF3N3O. The van der Waals surface area contributed by atoms with Crippen LogP contribution in [0.15, 0.2) is 34.8 Å². The molecule has 0 bridgehead atoms. The molecular weight excluding hydrogens is 399 g/mol. The number of alkyl halides is 4. The lowest BCUT2D eigenvalue weighted by Gasteiger charge is -2.30. The second-order valence-electron chi connectivity index (χ2n) is 4.98. The summed E-state index contributed by atoms with van der Waals surface area (Å²) in [6.07, 6.45) is -4.58. The molecule has 2 N–H and O–H groups in total. The van der Waals surface area contributed by atoms with E-state index in [1.807, 2.05) is 0 Å². The number of hydrogen-bond acceptors (Lipinski definition) is 2. The molecule has 0 aliphatic heterocycles. The van der Waals surface area contributed by atoms with Crippen LogP contribution < -0.4 is 5.32 Å². The van der Waals surface area contributed by atoms with Gasteiger partial charge in [0.15, 0.2) is 5.69 Å². The molecule has 0 aliphatic rings. The van der Waals surface area contributed by atoms with Gasteiger partial charge in [-0.2, -0.15) is 18.3 Å². The zero-order valence-electron chi connectivity index (χ0n) is 11.8. The zero-order valence-corrected chi connectivity index (χ0v) is 14.2. The number of hydrogen-bond donors (Lipinski definition) is 2. The predicted molar refractivity (Wildman–Crippen MR) is 83.0 cm³/mol. The standard InChI is InChI=1S/C14H12BrClF3N3O/c1-13(20-12(23)7-16,8-3-2-4-9(15)5-8)10-6-11(22-21-10)14(17,18)19/h2-6H,7H2,1H3,(H,20,23)(H,21,22). The number of rotatable bonds is 4. The zero-order chi connectivity index (χ0) is 17.3. The highest BCUT2D eigenvalue weighted by molar-refractivity contribution is 9.10. The number of benzene rings is 1. The van der Waals surface area contributed by atoms with Crippen molar-refractivity contribution in [1.29, 1.82) is 0 Å². The van der Waals surface area contributed by atoms with E-state index in [0.717, 1.165) is 10.5 Å². The van der Waals surface area contributed by atoms with E-state index in [0.29, 0.717) is 5.56 Å². The largest absolute Gasteiger partial charge is 0.435 e. The van der Waals surface area contributed by atoms with Crippen LogP contribution in [0.2, 0.25) is 0 Å². The van der Waals surface area contributed by atoms with Crippen LogP contribution in [0.1, 0.15) is 23.9 Å². The highest BCUT2D eigenvalue weighted by Crippen LogP contribution is 2.34. The third-order valence-corrected chi connectivity index (χ3v) is 4.06. The third-order valence-electron chi connectivity index (χ3n) is 3.32. The van der Waals surface area contributed by atoms with Gasteiger partial charge in [0.2, 0.25) is 5.91 Å². The van der Waals surface area contributed by atoms with E-state index in [1.165, 1.54) is 0 Å². The Labute approximate surface area is 143 Å². The monoisotopic (exact) mass is 409 g/mol. The van der Waals surface area contributed by atoms with Gasteiger partial charge in [-0.15, -0.1) is 11.6 Å². The Balaban J connectivity index is 2.53. The van der Waals surface area contributed by atoms with Crippen LogP contribution >= 0.6 is 27.5 Å². The molecule has 0 aliphatic carbocycles.